The molecule has 0 saturated carbocycles. The summed E-state index contributed by atoms with van der Waals surface area (Å²) in [6.07, 6.45) is 7.63. The number of rotatable bonds is 15. The number of benzene rings is 3. The van der Waals surface area contributed by atoms with Gasteiger partial charge in [0.25, 0.3) is 5.91 Å². The van der Waals surface area contributed by atoms with Gasteiger partial charge in [0.15, 0.2) is 17.5 Å². The number of hydrogen-bond acceptors (Lipinski definition) is 14. The van der Waals surface area contributed by atoms with Gasteiger partial charge in [-0.1, -0.05) is 54.6 Å². The molecular formula is C53H40N18O4. The molecule has 0 radical (unpaired) electrons. The predicted octanol–water partition coefficient (Wildman–Crippen LogP) is 8.02. The molecule has 0 aliphatic rings. The molecule has 0 spiro atoms. The summed E-state index contributed by atoms with van der Waals surface area (Å²) in [6, 6.07) is 37.3. The van der Waals surface area contributed by atoms with E-state index >= 15 is 0 Å². The third-order valence-electron chi connectivity index (χ3n) is 12.4. The lowest BCUT2D eigenvalue weighted by molar-refractivity contribution is -0.117. The fourth-order valence-electron chi connectivity index (χ4n) is 8.91. The van der Waals surface area contributed by atoms with Gasteiger partial charge in [0.05, 0.1) is 23.8 Å². The first-order chi connectivity index (χ1) is 36.8. The fourth-order valence-corrected chi connectivity index (χ4v) is 8.91. The second-order valence-corrected chi connectivity index (χ2v) is 17.1. The zero-order valence-electron chi connectivity index (χ0n) is 39.5. The van der Waals surface area contributed by atoms with E-state index in [0.29, 0.717) is 63.5 Å². The average molecular weight is 993 g/mol. The van der Waals surface area contributed by atoms with Crippen LogP contribution in [0.2, 0.25) is 0 Å². The van der Waals surface area contributed by atoms with Crippen molar-refractivity contribution in [2.75, 3.05) is 23.1 Å². The number of H-pyrrole nitrogens is 4. The Labute approximate surface area is 423 Å². The van der Waals surface area contributed by atoms with Crippen LogP contribution in [-0.4, -0.2) is 99.9 Å². The van der Waals surface area contributed by atoms with E-state index < -0.39 is 5.91 Å². The maximum atomic E-state index is 13.4. The number of hydrogen-bond donors (Lipinski definition) is 7. The first kappa shape index (κ1) is 45.4. The number of methoxy groups -OCH3 is 1. The van der Waals surface area contributed by atoms with Gasteiger partial charge in [0, 0.05) is 69.6 Å². The molecule has 366 valence electrons. The molecule has 0 fully saturated rings. The zero-order valence-corrected chi connectivity index (χ0v) is 39.5. The summed E-state index contributed by atoms with van der Waals surface area (Å²) in [5.41, 5.74) is 8.02. The van der Waals surface area contributed by atoms with E-state index in [-0.39, 0.29) is 48.3 Å². The summed E-state index contributed by atoms with van der Waals surface area (Å²) < 4.78 is 7.76. The molecule has 22 nitrogen and oxygen atoms in total. The van der Waals surface area contributed by atoms with Crippen molar-refractivity contribution in [3.63, 3.8) is 0 Å². The van der Waals surface area contributed by atoms with E-state index in [2.05, 4.69) is 81.4 Å². The van der Waals surface area contributed by atoms with Gasteiger partial charge in [0.2, 0.25) is 29.7 Å². The summed E-state index contributed by atoms with van der Waals surface area (Å²) in [7, 11) is 1.63. The van der Waals surface area contributed by atoms with Gasteiger partial charge in [-0.15, -0.1) is 30.6 Å². The molecule has 12 aromatic rings. The molecular weight excluding hydrogens is 953 g/mol. The molecule has 7 N–H and O–H groups in total. The monoisotopic (exact) mass is 992 g/mol. The molecule has 0 bridgehead atoms. The number of ether oxygens (including phenoxy) is 1. The summed E-state index contributed by atoms with van der Waals surface area (Å²) in [5.74, 6) is 1.24. The van der Waals surface area contributed by atoms with Crippen LogP contribution in [0.15, 0.2) is 146 Å². The lowest BCUT2D eigenvalue weighted by Crippen LogP contribution is -2.19. The molecule has 0 saturated heterocycles. The van der Waals surface area contributed by atoms with Crippen molar-refractivity contribution >= 4 is 68.3 Å². The average Bonchev–Trinajstić information content (AvgIpc) is 4.35. The lowest BCUT2D eigenvalue weighted by Gasteiger charge is -2.13. The molecule has 0 aliphatic heterocycles. The Hall–Kier alpha value is -10.8. The number of aryl methyl sites for hydroxylation is 1. The van der Waals surface area contributed by atoms with E-state index in [4.69, 9.17) is 9.72 Å². The Morgan fingerprint density at radius 1 is 0.600 bits per heavy atom. The van der Waals surface area contributed by atoms with Crippen LogP contribution >= 0.6 is 0 Å². The van der Waals surface area contributed by atoms with Gasteiger partial charge in [-0.2, -0.15) is 0 Å². The quantitative estimate of drug-likeness (QED) is 0.0512. The standard InChI is InChI=1S/C53H40N18O4/c1-75-41-21-20-40-33(23-26-71(40)28-43(73)60-52-61-47(65-69-52)37-14-4-5-24-54-37)44(41)34-11-6-10-31-30(27-56-45(31)34)18-22-42(72)59-51-62-48(66-68-51)38-16-7-15-36(58-38)32-12-8-25-55-46(32)49-63-53(70-67-49)64-50(74)39-19-17-29-9-2-3-13-35(29)57-39/h2-17,19-21,23-27,56H,18,22,28H2,1H3,(H2,59,62,66,68,72)(H2,60,61,65,69,73)(H2,63,64,67,70,74). The van der Waals surface area contributed by atoms with Crippen LogP contribution in [0.4, 0.5) is 17.8 Å². The van der Waals surface area contributed by atoms with Crippen molar-refractivity contribution in [3.05, 3.63) is 157 Å². The van der Waals surface area contributed by atoms with Crippen LogP contribution in [-0.2, 0) is 22.6 Å². The van der Waals surface area contributed by atoms with Crippen LogP contribution in [0.5, 0.6) is 5.75 Å². The summed E-state index contributed by atoms with van der Waals surface area (Å²) in [5, 5.41) is 36.2. The van der Waals surface area contributed by atoms with E-state index in [0.717, 1.165) is 43.9 Å². The third kappa shape index (κ3) is 9.12. The van der Waals surface area contributed by atoms with Crippen molar-refractivity contribution in [2.45, 2.75) is 19.4 Å². The van der Waals surface area contributed by atoms with Crippen molar-refractivity contribution in [2.24, 2.45) is 0 Å². The molecule has 9 heterocycles. The molecule has 9 aromatic heterocycles. The minimum Gasteiger partial charge on any atom is -0.496 e. The van der Waals surface area contributed by atoms with Crippen molar-refractivity contribution in [1.29, 1.82) is 0 Å². The highest BCUT2D eigenvalue weighted by Gasteiger charge is 2.21. The molecule has 3 aromatic carbocycles. The van der Waals surface area contributed by atoms with E-state index in [1.807, 2.05) is 108 Å². The number of pyridine rings is 4. The van der Waals surface area contributed by atoms with Crippen LogP contribution in [0, 0.1) is 0 Å². The minimum atomic E-state index is -0.449. The highest BCUT2D eigenvalue weighted by Crippen LogP contribution is 2.41. The summed E-state index contributed by atoms with van der Waals surface area (Å²) in [4.78, 5) is 70.4. The third-order valence-corrected chi connectivity index (χ3v) is 12.4. The lowest BCUT2D eigenvalue weighted by atomic mass is 9.97. The van der Waals surface area contributed by atoms with Crippen LogP contribution in [0.25, 0.3) is 89.6 Å². The SMILES string of the molecule is COc1ccc2c(ccn2CC(=O)Nc2nnc(-c3ccccn3)[nH]2)c1-c1cccc2c(CCC(=O)Nc3nnc(-c4cccc(-c5cccnc5-c5nnc(NC(=O)c6ccc7ccccc7n6)[nH]5)n4)[nH]3)c[nH]c12. The predicted molar refractivity (Wildman–Crippen MR) is 279 cm³/mol. The van der Waals surface area contributed by atoms with E-state index in [1.54, 1.807) is 49.8 Å². The number of amides is 3. The number of nitrogens with zero attached hydrogens (tertiary/aromatic N) is 11. The molecule has 3 amide bonds. The Morgan fingerprint density at radius 2 is 1.32 bits per heavy atom. The van der Waals surface area contributed by atoms with E-state index in [1.165, 1.54) is 0 Å². The number of para-hydroxylation sites is 2. The van der Waals surface area contributed by atoms with Crippen molar-refractivity contribution < 1.29 is 19.1 Å². The molecule has 0 atom stereocenters. The van der Waals surface area contributed by atoms with E-state index in [9.17, 15) is 14.4 Å². The van der Waals surface area contributed by atoms with Crippen LogP contribution < -0.4 is 20.7 Å². The topological polar surface area (TPSA) is 294 Å². The number of aromatic amines is 4. The molecule has 75 heavy (non-hydrogen) atoms. The first-order valence-corrected chi connectivity index (χ1v) is 23.5. The van der Waals surface area contributed by atoms with Gasteiger partial charge in [-0.05, 0) is 78.7 Å². The van der Waals surface area contributed by atoms with Crippen molar-refractivity contribution in [3.8, 4) is 62.7 Å². The number of anilines is 3. The highest BCUT2D eigenvalue weighted by molar-refractivity contribution is 6.07. The van der Waals surface area contributed by atoms with Gasteiger partial charge in [0.1, 0.15) is 35.1 Å². The molecule has 12 rings (SSSR count). The second kappa shape index (κ2) is 19.4. The second-order valence-electron chi connectivity index (χ2n) is 17.1. The maximum Gasteiger partial charge on any atom is 0.276 e. The Balaban J connectivity index is 0.704. The largest absolute Gasteiger partial charge is 0.496 e. The van der Waals surface area contributed by atoms with Crippen LogP contribution in [0.3, 0.4) is 0 Å². The maximum absolute atomic E-state index is 13.4. The molecule has 0 aliphatic carbocycles. The number of nitrogens with one attached hydrogen (secondary N) is 7. The number of carbonyl (C=O) groups excluding carboxylic acids is 3. The van der Waals surface area contributed by atoms with Gasteiger partial charge < -0.3 is 29.2 Å². The smallest absolute Gasteiger partial charge is 0.276 e. The van der Waals surface area contributed by atoms with Gasteiger partial charge >= 0.3 is 0 Å². The fraction of sp³-hybridized carbons (Fsp3) is 0.0755. The number of aromatic nitrogens is 15. The number of carbonyl (C=O) groups is 3. The Morgan fingerprint density at radius 3 is 2.16 bits per heavy atom. The van der Waals surface area contributed by atoms with Gasteiger partial charge in [-0.25, -0.2) is 9.97 Å². The van der Waals surface area contributed by atoms with Gasteiger partial charge in [-0.3, -0.25) is 40.3 Å². The summed E-state index contributed by atoms with van der Waals surface area (Å²) in [6.45, 7) is 0.0187. The molecule has 0 unspecified atom stereocenters. The highest BCUT2D eigenvalue weighted by atomic mass is 16.5. The normalized spacial score (nSPS) is 11.3. The number of fused-ring (bicyclic) bond motifs is 3. The first-order valence-electron chi connectivity index (χ1n) is 23.5. The van der Waals surface area contributed by atoms with Crippen molar-refractivity contribution in [1.82, 2.24) is 75.0 Å². The zero-order chi connectivity index (χ0) is 50.8. The molecule has 22 heteroatoms. The Bertz CT molecular complexity index is 4120. The van der Waals surface area contributed by atoms with Crippen LogP contribution in [0.1, 0.15) is 22.5 Å². The summed E-state index contributed by atoms with van der Waals surface area (Å²) >= 11 is 0. The minimum absolute atomic E-state index is 0.0187. The Kier molecular flexibility index (Phi) is 11.8.